The highest BCUT2D eigenvalue weighted by molar-refractivity contribution is 5.88. The number of aliphatic hydroxyl groups excluding tert-OH is 3. The molecule has 4 unspecified atom stereocenters. The van der Waals surface area contributed by atoms with Crippen LogP contribution < -0.4 is 5.73 Å². The molecule has 102 valence electrons. The summed E-state index contributed by atoms with van der Waals surface area (Å²) in [5.74, 6) is -0.0615. The molecule has 18 heavy (non-hydrogen) atoms. The molecule has 1 saturated heterocycles. The van der Waals surface area contributed by atoms with E-state index in [1.54, 1.807) is 0 Å². The smallest absolute Gasteiger partial charge is 0.217 e. The Bertz CT molecular complexity index is 348. The average Bonchev–Trinajstić information content (AvgIpc) is 2.67. The lowest BCUT2D eigenvalue weighted by Gasteiger charge is -2.22. The molecule has 1 aliphatic heterocycles. The highest BCUT2D eigenvalue weighted by Crippen LogP contribution is 2.22. The molecule has 0 aromatic heterocycles. The minimum absolute atomic E-state index is 0.0615. The van der Waals surface area contributed by atoms with Crippen LogP contribution in [0.2, 0.25) is 0 Å². The molecule has 1 aliphatic rings. The van der Waals surface area contributed by atoms with Crippen molar-refractivity contribution < 1.29 is 24.9 Å². The maximum absolute atomic E-state index is 10.9. The van der Waals surface area contributed by atoms with Crippen LogP contribution in [0.4, 0.5) is 0 Å². The average molecular weight is 260 g/mol. The van der Waals surface area contributed by atoms with Gasteiger partial charge in [-0.1, -0.05) is 0 Å². The Morgan fingerprint density at radius 1 is 1.50 bits per heavy atom. The van der Waals surface area contributed by atoms with Gasteiger partial charge in [0, 0.05) is 7.05 Å². The molecule has 0 aliphatic carbocycles. The first-order valence-electron chi connectivity index (χ1n) is 5.16. The Kier molecular flexibility index (Phi) is 5.16. The third kappa shape index (κ3) is 3.01. The molecule has 0 radical (unpaired) electrons. The van der Waals surface area contributed by atoms with Crippen LogP contribution in [0.5, 0.6) is 0 Å². The third-order valence-electron chi connectivity index (χ3n) is 2.49. The number of rotatable bonds is 4. The van der Waals surface area contributed by atoms with Crippen molar-refractivity contribution in [2.75, 3.05) is 13.7 Å². The summed E-state index contributed by atoms with van der Waals surface area (Å²) in [6, 6.07) is 0. The normalized spacial score (nSPS) is 33.0. The summed E-state index contributed by atoms with van der Waals surface area (Å²) in [7, 11) is 1.42. The predicted molar refractivity (Wildman–Crippen MR) is 61.7 cm³/mol. The van der Waals surface area contributed by atoms with Crippen LogP contribution in [0.3, 0.4) is 0 Å². The molecule has 0 aromatic carbocycles. The molecule has 9 nitrogen and oxygen atoms in total. The van der Waals surface area contributed by atoms with E-state index in [2.05, 4.69) is 9.98 Å². The molecule has 4 atom stereocenters. The first-order chi connectivity index (χ1) is 8.54. The van der Waals surface area contributed by atoms with E-state index in [0.717, 1.165) is 11.2 Å². The first kappa shape index (κ1) is 14.5. The molecular weight excluding hydrogens is 244 g/mol. The van der Waals surface area contributed by atoms with Gasteiger partial charge in [0.05, 0.1) is 6.61 Å². The van der Waals surface area contributed by atoms with Crippen molar-refractivity contribution in [2.45, 2.75) is 24.5 Å². The molecule has 0 aromatic rings. The Balaban J connectivity index is 2.78. The number of aliphatic imine (C=N–C) groups is 2. The molecule has 1 amide bonds. The lowest BCUT2D eigenvalue weighted by atomic mass is 10.1. The van der Waals surface area contributed by atoms with Crippen LogP contribution in [-0.2, 0) is 9.53 Å². The zero-order chi connectivity index (χ0) is 13.7. The summed E-state index contributed by atoms with van der Waals surface area (Å²) in [6.45, 7) is -0.475. The molecule has 0 saturated carbocycles. The number of aliphatic hydroxyl groups is 3. The van der Waals surface area contributed by atoms with Gasteiger partial charge in [-0.3, -0.25) is 14.7 Å². The summed E-state index contributed by atoms with van der Waals surface area (Å²) >= 11 is 0. The van der Waals surface area contributed by atoms with Crippen LogP contribution in [0.25, 0.3) is 0 Å². The molecule has 1 rings (SSSR count). The van der Waals surface area contributed by atoms with Gasteiger partial charge in [0.25, 0.3) is 0 Å². The van der Waals surface area contributed by atoms with Crippen LogP contribution >= 0.6 is 0 Å². The monoisotopic (exact) mass is 260 g/mol. The van der Waals surface area contributed by atoms with Gasteiger partial charge in [0.2, 0.25) is 12.4 Å². The van der Waals surface area contributed by atoms with Crippen LogP contribution in [0.1, 0.15) is 0 Å². The molecule has 1 fully saturated rings. The number of hydrogen-bond acceptors (Lipinski definition) is 6. The van der Waals surface area contributed by atoms with E-state index in [0.29, 0.717) is 6.41 Å². The van der Waals surface area contributed by atoms with Gasteiger partial charge in [-0.05, 0) is 0 Å². The lowest BCUT2D eigenvalue weighted by molar-refractivity contribution is -0.129. The van der Waals surface area contributed by atoms with Gasteiger partial charge >= 0.3 is 0 Å². The molecule has 0 spiro atoms. The fraction of sp³-hybridized carbons (Fsp3) is 0.667. The van der Waals surface area contributed by atoms with Crippen molar-refractivity contribution in [3.8, 4) is 0 Å². The number of nitrogens with zero attached hydrogens (tertiary/aromatic N) is 3. The minimum atomic E-state index is -1.35. The summed E-state index contributed by atoms with van der Waals surface area (Å²) in [5.41, 5.74) is 5.31. The van der Waals surface area contributed by atoms with E-state index in [-0.39, 0.29) is 5.96 Å². The SMILES string of the molecule is C/N=C(N)\N=C/N(C=O)C1OC(CO)C(O)C1O. The number of guanidine groups is 1. The van der Waals surface area contributed by atoms with Gasteiger partial charge in [-0.2, -0.15) is 0 Å². The number of nitrogens with two attached hydrogens (primary N) is 1. The summed E-state index contributed by atoms with van der Waals surface area (Å²) in [6.07, 6.45) is -3.35. The van der Waals surface area contributed by atoms with E-state index in [9.17, 15) is 15.0 Å². The van der Waals surface area contributed by atoms with Gasteiger partial charge in [0.15, 0.2) is 6.23 Å². The maximum atomic E-state index is 10.9. The fourth-order valence-corrected chi connectivity index (χ4v) is 1.46. The van der Waals surface area contributed by atoms with E-state index in [1.807, 2.05) is 0 Å². The van der Waals surface area contributed by atoms with Crippen LogP contribution in [-0.4, -0.2) is 77.1 Å². The quantitative estimate of drug-likeness (QED) is 0.239. The molecule has 9 heteroatoms. The summed E-state index contributed by atoms with van der Waals surface area (Å²) in [5, 5.41) is 28.1. The second-order valence-corrected chi connectivity index (χ2v) is 3.61. The van der Waals surface area contributed by atoms with Crippen molar-refractivity contribution in [3.05, 3.63) is 0 Å². The van der Waals surface area contributed by atoms with Crippen molar-refractivity contribution in [1.82, 2.24) is 4.90 Å². The standard InChI is InChI=1S/C9H16N4O5/c1-11-9(10)12-3-13(4-15)8-7(17)6(16)5(2-14)18-8/h3-8,14,16-17H,2H2,1H3,(H2,10,11)/b12-3-. The zero-order valence-corrected chi connectivity index (χ0v) is 9.75. The molecule has 5 N–H and O–H groups in total. The van der Waals surface area contributed by atoms with E-state index >= 15 is 0 Å². The van der Waals surface area contributed by atoms with E-state index < -0.39 is 31.1 Å². The van der Waals surface area contributed by atoms with Crippen molar-refractivity contribution in [2.24, 2.45) is 15.7 Å². The van der Waals surface area contributed by atoms with Crippen molar-refractivity contribution in [3.63, 3.8) is 0 Å². The molecule has 0 bridgehead atoms. The Morgan fingerprint density at radius 2 is 2.17 bits per heavy atom. The second kappa shape index (κ2) is 6.40. The van der Waals surface area contributed by atoms with Crippen LogP contribution in [0, 0.1) is 0 Å². The van der Waals surface area contributed by atoms with Crippen molar-refractivity contribution in [1.29, 1.82) is 0 Å². The first-order valence-corrected chi connectivity index (χ1v) is 5.16. The Labute approximate surface area is 103 Å². The fourth-order valence-electron chi connectivity index (χ4n) is 1.46. The molecular formula is C9H16N4O5. The van der Waals surface area contributed by atoms with Gasteiger partial charge in [-0.25, -0.2) is 4.99 Å². The second-order valence-electron chi connectivity index (χ2n) is 3.61. The Hall–Kier alpha value is -1.55. The van der Waals surface area contributed by atoms with E-state index in [4.69, 9.17) is 15.6 Å². The Morgan fingerprint density at radius 3 is 2.61 bits per heavy atom. The largest absolute Gasteiger partial charge is 0.394 e. The van der Waals surface area contributed by atoms with Crippen LogP contribution in [0.15, 0.2) is 9.98 Å². The lowest BCUT2D eigenvalue weighted by Crippen LogP contribution is -2.43. The number of ether oxygens (including phenoxy) is 1. The van der Waals surface area contributed by atoms with Crippen molar-refractivity contribution >= 4 is 18.7 Å². The highest BCUT2D eigenvalue weighted by atomic mass is 16.6. The van der Waals surface area contributed by atoms with Gasteiger partial charge in [0.1, 0.15) is 24.7 Å². The maximum Gasteiger partial charge on any atom is 0.217 e. The predicted octanol–water partition coefficient (Wildman–Crippen LogP) is -3.14. The summed E-state index contributed by atoms with van der Waals surface area (Å²) in [4.78, 5) is 18.9. The number of hydrogen-bond donors (Lipinski definition) is 4. The topological polar surface area (TPSA) is 141 Å². The number of amides is 1. The zero-order valence-electron chi connectivity index (χ0n) is 9.75. The summed E-state index contributed by atoms with van der Waals surface area (Å²) < 4.78 is 5.13. The van der Waals surface area contributed by atoms with E-state index in [1.165, 1.54) is 7.05 Å². The van der Waals surface area contributed by atoms with Gasteiger partial charge in [-0.15, -0.1) is 0 Å². The number of carbonyl (C=O) groups excluding carboxylic acids is 1. The third-order valence-corrected chi connectivity index (χ3v) is 2.49. The van der Waals surface area contributed by atoms with Gasteiger partial charge < -0.3 is 25.8 Å². The highest BCUT2D eigenvalue weighted by Gasteiger charge is 2.44. The number of carbonyl (C=O) groups is 1. The molecule has 1 heterocycles. The minimum Gasteiger partial charge on any atom is -0.394 e.